The van der Waals surface area contributed by atoms with Gasteiger partial charge in [0.15, 0.2) is 12.4 Å². The lowest BCUT2D eigenvalue weighted by molar-refractivity contribution is -0.152. The molecule has 0 aliphatic carbocycles. The molecule has 0 radical (unpaired) electrons. The molecule has 0 unspecified atom stereocenters. The van der Waals surface area contributed by atoms with E-state index in [0.717, 1.165) is 0 Å². The minimum atomic E-state index is -0.434. The molecule has 1 fully saturated rings. The number of amides is 2. The van der Waals surface area contributed by atoms with E-state index in [1.165, 1.54) is 6.26 Å². The quantitative estimate of drug-likeness (QED) is 0.793. The molecular formula is C19H19ClN2O5. The van der Waals surface area contributed by atoms with Gasteiger partial charge in [-0.2, -0.15) is 0 Å². The minimum absolute atomic E-state index is 0.187. The summed E-state index contributed by atoms with van der Waals surface area (Å²) < 4.78 is 10.2. The first kappa shape index (κ1) is 19.0. The lowest BCUT2D eigenvalue weighted by Crippen LogP contribution is -2.40. The highest BCUT2D eigenvalue weighted by Crippen LogP contribution is 2.21. The molecule has 1 aliphatic heterocycles. The van der Waals surface area contributed by atoms with Gasteiger partial charge in [-0.3, -0.25) is 14.4 Å². The fraction of sp³-hybridized carbons (Fsp3) is 0.316. The minimum Gasteiger partial charge on any atom is -0.459 e. The number of likely N-dealkylation sites (tertiary alicyclic amines) is 1. The lowest BCUT2D eigenvalue weighted by Gasteiger charge is -2.30. The van der Waals surface area contributed by atoms with Crippen LogP contribution in [0.5, 0.6) is 0 Å². The van der Waals surface area contributed by atoms with Crippen molar-refractivity contribution < 1.29 is 23.5 Å². The molecule has 8 heteroatoms. The van der Waals surface area contributed by atoms with E-state index in [1.54, 1.807) is 41.3 Å². The third-order valence-electron chi connectivity index (χ3n) is 4.30. The summed E-state index contributed by atoms with van der Waals surface area (Å²) in [5.41, 5.74) is 0.535. The van der Waals surface area contributed by atoms with Gasteiger partial charge in [0.2, 0.25) is 0 Å². The number of ether oxygens (including phenoxy) is 1. The molecule has 0 spiro atoms. The Labute approximate surface area is 161 Å². The molecule has 3 rings (SSSR count). The van der Waals surface area contributed by atoms with E-state index < -0.39 is 11.9 Å². The van der Waals surface area contributed by atoms with Gasteiger partial charge < -0.3 is 19.4 Å². The van der Waals surface area contributed by atoms with Gasteiger partial charge in [-0.25, -0.2) is 0 Å². The Morgan fingerprint density at radius 2 is 1.96 bits per heavy atom. The Bertz CT molecular complexity index is 813. The first-order valence-electron chi connectivity index (χ1n) is 8.58. The van der Waals surface area contributed by atoms with E-state index in [0.29, 0.717) is 36.6 Å². The molecule has 142 valence electrons. The zero-order valence-corrected chi connectivity index (χ0v) is 15.3. The summed E-state index contributed by atoms with van der Waals surface area (Å²) in [6, 6.07) is 9.97. The molecule has 2 amide bonds. The Kier molecular flexibility index (Phi) is 6.13. The number of benzene rings is 1. The van der Waals surface area contributed by atoms with Crippen LogP contribution in [0.2, 0.25) is 5.02 Å². The van der Waals surface area contributed by atoms with Crippen LogP contribution in [-0.2, 0) is 14.3 Å². The van der Waals surface area contributed by atoms with Crippen LogP contribution >= 0.6 is 11.6 Å². The number of carbonyl (C=O) groups is 3. The Hall–Kier alpha value is -2.80. The highest BCUT2D eigenvalue weighted by molar-refractivity contribution is 6.30. The van der Waals surface area contributed by atoms with Gasteiger partial charge in [0.25, 0.3) is 11.8 Å². The summed E-state index contributed by atoms with van der Waals surface area (Å²) in [6.45, 7) is 0.513. The fourth-order valence-corrected chi connectivity index (χ4v) is 3.08. The van der Waals surface area contributed by atoms with Crippen molar-refractivity contribution in [2.45, 2.75) is 12.8 Å². The number of furan rings is 1. The summed E-state index contributed by atoms with van der Waals surface area (Å²) in [6.07, 6.45) is 2.42. The van der Waals surface area contributed by atoms with Crippen molar-refractivity contribution in [2.75, 3.05) is 25.0 Å². The average Bonchev–Trinajstić information content (AvgIpc) is 3.20. The normalized spacial score (nSPS) is 14.6. The second kappa shape index (κ2) is 8.73. The van der Waals surface area contributed by atoms with Gasteiger partial charge in [0.1, 0.15) is 0 Å². The number of rotatable bonds is 5. The zero-order valence-electron chi connectivity index (χ0n) is 14.5. The Balaban J connectivity index is 1.41. The van der Waals surface area contributed by atoms with E-state index >= 15 is 0 Å². The third kappa shape index (κ3) is 5.10. The van der Waals surface area contributed by atoms with Crippen LogP contribution in [0.15, 0.2) is 47.1 Å². The molecule has 27 heavy (non-hydrogen) atoms. The number of hydrogen-bond acceptors (Lipinski definition) is 5. The van der Waals surface area contributed by atoms with Crippen LogP contribution in [0.4, 0.5) is 5.69 Å². The van der Waals surface area contributed by atoms with Gasteiger partial charge in [0.05, 0.1) is 12.2 Å². The molecule has 1 aliphatic rings. The fourth-order valence-electron chi connectivity index (χ4n) is 2.89. The smallest absolute Gasteiger partial charge is 0.309 e. The van der Waals surface area contributed by atoms with Gasteiger partial charge in [-0.05, 0) is 43.2 Å². The van der Waals surface area contributed by atoms with Crippen molar-refractivity contribution in [1.82, 2.24) is 4.90 Å². The Morgan fingerprint density at radius 1 is 1.19 bits per heavy atom. The molecular weight excluding hydrogens is 372 g/mol. The number of anilines is 1. The molecule has 1 N–H and O–H groups in total. The third-order valence-corrected chi connectivity index (χ3v) is 4.54. The van der Waals surface area contributed by atoms with Crippen molar-refractivity contribution in [1.29, 1.82) is 0 Å². The van der Waals surface area contributed by atoms with E-state index in [4.69, 9.17) is 20.8 Å². The van der Waals surface area contributed by atoms with E-state index in [-0.39, 0.29) is 24.2 Å². The molecule has 2 heterocycles. The van der Waals surface area contributed by atoms with Crippen molar-refractivity contribution >= 4 is 35.1 Å². The maximum atomic E-state index is 12.2. The first-order chi connectivity index (χ1) is 13.0. The van der Waals surface area contributed by atoms with E-state index in [1.807, 2.05) is 0 Å². The predicted molar refractivity (Wildman–Crippen MR) is 98.4 cm³/mol. The largest absolute Gasteiger partial charge is 0.459 e. The summed E-state index contributed by atoms with van der Waals surface area (Å²) in [7, 11) is 0. The van der Waals surface area contributed by atoms with Crippen LogP contribution in [-0.4, -0.2) is 42.4 Å². The second-order valence-corrected chi connectivity index (χ2v) is 6.65. The molecule has 2 aromatic rings. The predicted octanol–water partition coefficient (Wildman–Crippen LogP) is 2.97. The van der Waals surface area contributed by atoms with Crippen molar-refractivity contribution in [3.63, 3.8) is 0 Å². The highest BCUT2D eigenvalue weighted by Gasteiger charge is 2.29. The van der Waals surface area contributed by atoms with Crippen LogP contribution in [0.25, 0.3) is 0 Å². The van der Waals surface area contributed by atoms with Crippen LogP contribution in [0.1, 0.15) is 23.4 Å². The molecule has 0 saturated carbocycles. The lowest BCUT2D eigenvalue weighted by atomic mass is 9.97. The molecule has 7 nitrogen and oxygen atoms in total. The summed E-state index contributed by atoms with van der Waals surface area (Å²) in [5, 5.41) is 3.12. The molecule has 0 atom stereocenters. The number of carbonyl (C=O) groups excluding carboxylic acids is 3. The topological polar surface area (TPSA) is 88.9 Å². The number of nitrogens with zero attached hydrogens (tertiary/aromatic N) is 1. The number of piperidine rings is 1. The molecule has 1 saturated heterocycles. The standard InChI is InChI=1S/C19H19ClN2O5/c20-14-3-1-4-15(11-14)21-17(23)12-27-19(25)13-6-8-22(9-7-13)18(24)16-5-2-10-26-16/h1-5,10-11,13H,6-9,12H2,(H,21,23). The maximum Gasteiger partial charge on any atom is 0.309 e. The SMILES string of the molecule is O=C(COC(=O)C1CCN(C(=O)c2ccco2)CC1)Nc1cccc(Cl)c1. The number of hydrogen-bond donors (Lipinski definition) is 1. The van der Waals surface area contributed by atoms with Crippen LogP contribution < -0.4 is 5.32 Å². The van der Waals surface area contributed by atoms with Gasteiger partial charge >= 0.3 is 5.97 Å². The molecule has 1 aromatic carbocycles. The van der Waals surface area contributed by atoms with Crippen LogP contribution in [0.3, 0.4) is 0 Å². The van der Waals surface area contributed by atoms with E-state index in [9.17, 15) is 14.4 Å². The van der Waals surface area contributed by atoms with Crippen molar-refractivity contribution in [2.24, 2.45) is 5.92 Å². The number of halogens is 1. The monoisotopic (exact) mass is 390 g/mol. The van der Waals surface area contributed by atoms with Gasteiger partial charge in [0, 0.05) is 23.8 Å². The number of esters is 1. The summed E-state index contributed by atoms with van der Waals surface area (Å²) in [4.78, 5) is 37.9. The molecule has 1 aromatic heterocycles. The summed E-state index contributed by atoms with van der Waals surface area (Å²) in [5.74, 6) is -1.09. The van der Waals surface area contributed by atoms with Gasteiger partial charge in [-0.15, -0.1) is 0 Å². The average molecular weight is 391 g/mol. The zero-order chi connectivity index (χ0) is 19.2. The highest BCUT2D eigenvalue weighted by atomic mass is 35.5. The Morgan fingerprint density at radius 3 is 2.63 bits per heavy atom. The second-order valence-electron chi connectivity index (χ2n) is 6.21. The van der Waals surface area contributed by atoms with Crippen molar-refractivity contribution in [3.05, 3.63) is 53.4 Å². The van der Waals surface area contributed by atoms with Crippen molar-refractivity contribution in [3.8, 4) is 0 Å². The van der Waals surface area contributed by atoms with Gasteiger partial charge in [-0.1, -0.05) is 17.7 Å². The first-order valence-corrected chi connectivity index (χ1v) is 8.95. The maximum absolute atomic E-state index is 12.2. The summed E-state index contributed by atoms with van der Waals surface area (Å²) >= 11 is 5.85. The van der Waals surface area contributed by atoms with Crippen LogP contribution in [0, 0.1) is 5.92 Å². The number of nitrogens with one attached hydrogen (secondary N) is 1. The van der Waals surface area contributed by atoms with E-state index in [2.05, 4.69) is 5.32 Å². The molecule has 0 bridgehead atoms.